The maximum atomic E-state index is 6.22. The molecule has 0 amide bonds. The van der Waals surface area contributed by atoms with E-state index in [0.717, 1.165) is 32.5 Å². The van der Waals surface area contributed by atoms with Crippen LogP contribution in [0.1, 0.15) is 51.9 Å². The van der Waals surface area contributed by atoms with E-state index < -0.39 is 0 Å². The minimum atomic E-state index is 0.00594. The van der Waals surface area contributed by atoms with E-state index in [4.69, 9.17) is 10.5 Å². The molecule has 0 aliphatic heterocycles. The zero-order chi connectivity index (χ0) is 9.57. The largest absolute Gasteiger partial charge is 0.380 e. The second kappa shape index (κ2) is 5.61. The number of nitrogens with two attached hydrogens (primary N) is 1. The van der Waals surface area contributed by atoms with E-state index in [1.54, 1.807) is 0 Å². The Kier molecular flexibility index (Phi) is 4.74. The summed E-state index contributed by atoms with van der Waals surface area (Å²) in [7, 11) is 0. The van der Waals surface area contributed by atoms with Crippen molar-refractivity contribution in [3.8, 4) is 0 Å². The summed E-state index contributed by atoms with van der Waals surface area (Å²) in [6.07, 6.45) is 8.60. The van der Waals surface area contributed by atoms with Crippen LogP contribution >= 0.6 is 0 Å². The van der Waals surface area contributed by atoms with Crippen LogP contribution in [-0.2, 0) is 4.74 Å². The van der Waals surface area contributed by atoms with Crippen LogP contribution in [0.4, 0.5) is 0 Å². The maximum Gasteiger partial charge on any atom is 0.0646 e. The van der Waals surface area contributed by atoms with E-state index in [-0.39, 0.29) is 5.54 Å². The topological polar surface area (TPSA) is 35.2 Å². The summed E-state index contributed by atoms with van der Waals surface area (Å²) in [6.45, 7) is 3.84. The molecule has 1 aliphatic carbocycles. The zero-order valence-electron chi connectivity index (χ0n) is 8.85. The van der Waals surface area contributed by atoms with Gasteiger partial charge in [0.05, 0.1) is 6.61 Å². The second-order valence-electron chi connectivity index (χ2n) is 4.33. The predicted octanol–water partition coefficient (Wildman–Crippen LogP) is 2.46. The fourth-order valence-corrected chi connectivity index (χ4v) is 1.92. The van der Waals surface area contributed by atoms with Crippen molar-refractivity contribution in [3.63, 3.8) is 0 Å². The minimum absolute atomic E-state index is 0.00594. The Hall–Kier alpha value is -0.0800. The van der Waals surface area contributed by atoms with Gasteiger partial charge < -0.3 is 10.5 Å². The number of unbranched alkanes of at least 4 members (excludes halogenated alkanes) is 1. The van der Waals surface area contributed by atoms with Crippen LogP contribution in [0.25, 0.3) is 0 Å². The van der Waals surface area contributed by atoms with Crippen molar-refractivity contribution in [2.75, 3.05) is 13.2 Å². The van der Waals surface area contributed by atoms with E-state index in [1.807, 2.05) is 0 Å². The summed E-state index contributed by atoms with van der Waals surface area (Å²) in [4.78, 5) is 0. The van der Waals surface area contributed by atoms with Crippen molar-refractivity contribution in [3.05, 3.63) is 0 Å². The molecule has 0 atom stereocenters. The van der Waals surface area contributed by atoms with Crippen molar-refractivity contribution >= 4 is 0 Å². The molecule has 0 aromatic carbocycles. The van der Waals surface area contributed by atoms with Gasteiger partial charge >= 0.3 is 0 Å². The van der Waals surface area contributed by atoms with Gasteiger partial charge in [-0.25, -0.2) is 0 Å². The summed E-state index contributed by atoms with van der Waals surface area (Å²) in [5.41, 5.74) is 6.22. The molecule has 1 rings (SSSR count). The molecule has 1 fully saturated rings. The van der Waals surface area contributed by atoms with Crippen LogP contribution in [0.15, 0.2) is 0 Å². The first kappa shape index (κ1) is 11.0. The summed E-state index contributed by atoms with van der Waals surface area (Å²) in [6, 6.07) is 0. The average molecular weight is 185 g/mol. The first-order valence-electron chi connectivity index (χ1n) is 5.63. The molecule has 0 heterocycles. The average Bonchev–Trinajstić information content (AvgIpc) is 2.14. The SMILES string of the molecule is CCCCOCC1(N)CCCCC1. The summed E-state index contributed by atoms with van der Waals surface area (Å²) in [5, 5.41) is 0. The fraction of sp³-hybridized carbons (Fsp3) is 1.00. The van der Waals surface area contributed by atoms with Crippen LogP contribution in [0, 0.1) is 0 Å². The van der Waals surface area contributed by atoms with Crippen LogP contribution in [-0.4, -0.2) is 18.8 Å². The fourth-order valence-electron chi connectivity index (χ4n) is 1.92. The third-order valence-electron chi connectivity index (χ3n) is 2.88. The number of hydrogen-bond donors (Lipinski definition) is 1. The minimum Gasteiger partial charge on any atom is -0.380 e. The van der Waals surface area contributed by atoms with E-state index in [9.17, 15) is 0 Å². The van der Waals surface area contributed by atoms with Crippen molar-refractivity contribution in [2.45, 2.75) is 57.4 Å². The van der Waals surface area contributed by atoms with Crippen LogP contribution in [0.3, 0.4) is 0 Å². The quantitative estimate of drug-likeness (QED) is 0.668. The van der Waals surface area contributed by atoms with Crippen LogP contribution < -0.4 is 5.73 Å². The Morgan fingerprint density at radius 2 is 1.92 bits per heavy atom. The lowest BCUT2D eigenvalue weighted by Gasteiger charge is -2.33. The highest BCUT2D eigenvalue weighted by Gasteiger charge is 2.27. The highest BCUT2D eigenvalue weighted by Crippen LogP contribution is 2.25. The first-order chi connectivity index (χ1) is 6.27. The molecule has 2 heteroatoms. The second-order valence-corrected chi connectivity index (χ2v) is 4.33. The van der Waals surface area contributed by atoms with Gasteiger partial charge in [0.1, 0.15) is 0 Å². The van der Waals surface area contributed by atoms with Gasteiger partial charge in [0, 0.05) is 12.1 Å². The Morgan fingerprint density at radius 1 is 1.23 bits per heavy atom. The predicted molar refractivity (Wildman–Crippen MR) is 55.7 cm³/mol. The third kappa shape index (κ3) is 4.10. The Bertz CT molecular complexity index is 130. The van der Waals surface area contributed by atoms with Gasteiger partial charge in [-0.15, -0.1) is 0 Å². The number of ether oxygens (including phenoxy) is 1. The van der Waals surface area contributed by atoms with Crippen molar-refractivity contribution in [1.82, 2.24) is 0 Å². The van der Waals surface area contributed by atoms with Gasteiger partial charge in [-0.1, -0.05) is 32.6 Å². The molecule has 78 valence electrons. The molecule has 0 bridgehead atoms. The lowest BCUT2D eigenvalue weighted by molar-refractivity contribution is 0.0663. The van der Waals surface area contributed by atoms with Gasteiger partial charge in [-0.05, 0) is 19.3 Å². The Morgan fingerprint density at radius 3 is 2.54 bits per heavy atom. The van der Waals surface area contributed by atoms with E-state index >= 15 is 0 Å². The van der Waals surface area contributed by atoms with Crippen molar-refractivity contribution < 1.29 is 4.74 Å². The van der Waals surface area contributed by atoms with Gasteiger partial charge in [-0.2, -0.15) is 0 Å². The molecular formula is C11H23NO. The standard InChI is InChI=1S/C11H23NO/c1-2-3-9-13-10-11(12)7-5-4-6-8-11/h2-10,12H2,1H3. The molecule has 13 heavy (non-hydrogen) atoms. The Balaban J connectivity index is 2.10. The molecule has 0 spiro atoms. The highest BCUT2D eigenvalue weighted by molar-refractivity contribution is 4.86. The zero-order valence-corrected chi connectivity index (χ0v) is 8.85. The summed E-state index contributed by atoms with van der Waals surface area (Å²) < 4.78 is 5.59. The molecule has 2 N–H and O–H groups in total. The molecule has 0 aromatic heterocycles. The smallest absolute Gasteiger partial charge is 0.0646 e. The van der Waals surface area contributed by atoms with Crippen molar-refractivity contribution in [1.29, 1.82) is 0 Å². The van der Waals surface area contributed by atoms with E-state index in [2.05, 4.69) is 6.92 Å². The lowest BCUT2D eigenvalue weighted by Crippen LogP contribution is -2.46. The molecule has 0 aromatic rings. The van der Waals surface area contributed by atoms with Gasteiger partial charge in [0.25, 0.3) is 0 Å². The van der Waals surface area contributed by atoms with Crippen molar-refractivity contribution in [2.24, 2.45) is 5.73 Å². The number of rotatable bonds is 5. The van der Waals surface area contributed by atoms with Gasteiger partial charge in [-0.3, -0.25) is 0 Å². The van der Waals surface area contributed by atoms with E-state index in [1.165, 1.54) is 25.7 Å². The third-order valence-corrected chi connectivity index (χ3v) is 2.88. The summed E-state index contributed by atoms with van der Waals surface area (Å²) >= 11 is 0. The monoisotopic (exact) mass is 185 g/mol. The summed E-state index contributed by atoms with van der Waals surface area (Å²) in [5.74, 6) is 0. The van der Waals surface area contributed by atoms with E-state index in [0.29, 0.717) is 0 Å². The van der Waals surface area contributed by atoms with Gasteiger partial charge in [0.15, 0.2) is 0 Å². The molecule has 1 saturated carbocycles. The van der Waals surface area contributed by atoms with Crippen LogP contribution in [0.5, 0.6) is 0 Å². The Labute approximate surface area is 81.8 Å². The molecule has 1 aliphatic rings. The van der Waals surface area contributed by atoms with Crippen LogP contribution in [0.2, 0.25) is 0 Å². The maximum absolute atomic E-state index is 6.22. The number of hydrogen-bond acceptors (Lipinski definition) is 2. The molecule has 0 unspecified atom stereocenters. The van der Waals surface area contributed by atoms with Gasteiger partial charge in [0.2, 0.25) is 0 Å². The normalized spacial score (nSPS) is 21.7. The first-order valence-corrected chi connectivity index (χ1v) is 5.63. The molecule has 2 nitrogen and oxygen atoms in total. The lowest BCUT2D eigenvalue weighted by atomic mass is 9.83. The highest BCUT2D eigenvalue weighted by atomic mass is 16.5. The molecule has 0 radical (unpaired) electrons. The molecular weight excluding hydrogens is 162 g/mol. The molecule has 0 saturated heterocycles.